The third kappa shape index (κ3) is 5.05. The summed E-state index contributed by atoms with van der Waals surface area (Å²) in [6, 6.07) is 10.2. The molecule has 162 valence electrons. The molecule has 0 nitrogen and oxygen atoms in total. The van der Waals surface area contributed by atoms with Gasteiger partial charge in [-0.3, -0.25) is 0 Å². The SMILES string of the molecule is CC[Si](CC)(c1cc(C)cc([Si](C)(C)C)c1)C1(C)C(C)=C(C)C(C)=[C]1[Ti+3].[Cl-].[Cl-].[Cl-]. The molecule has 1 unspecified atom stereocenters. The van der Waals surface area contributed by atoms with E-state index in [0.29, 0.717) is 0 Å². The van der Waals surface area contributed by atoms with E-state index in [1.807, 2.05) is 0 Å². The normalized spacial score (nSPS) is 19.6. The van der Waals surface area contributed by atoms with Gasteiger partial charge in [0.25, 0.3) is 0 Å². The molecule has 0 aliphatic heterocycles. The van der Waals surface area contributed by atoms with Gasteiger partial charge in [-0.2, -0.15) is 0 Å². The van der Waals surface area contributed by atoms with Crippen LogP contribution in [0.1, 0.15) is 47.1 Å². The fraction of sp³-hybridized carbons (Fsp3) is 0.565. The van der Waals surface area contributed by atoms with Gasteiger partial charge in [-0.1, -0.05) is 0 Å². The van der Waals surface area contributed by atoms with Gasteiger partial charge in [-0.05, 0) is 0 Å². The molecule has 1 aliphatic rings. The molecule has 1 aliphatic carbocycles. The molecule has 0 heterocycles. The summed E-state index contributed by atoms with van der Waals surface area (Å²) in [5.41, 5.74) is 6.18. The van der Waals surface area contributed by atoms with Crippen molar-refractivity contribution in [2.24, 2.45) is 0 Å². The minimum absolute atomic E-state index is 0. The van der Waals surface area contributed by atoms with Crippen molar-refractivity contribution in [2.45, 2.75) is 85.2 Å². The van der Waals surface area contributed by atoms with Gasteiger partial charge in [0.2, 0.25) is 0 Å². The monoisotopic (exact) mass is 522 g/mol. The van der Waals surface area contributed by atoms with Crippen LogP contribution < -0.4 is 47.6 Å². The molecule has 0 spiro atoms. The van der Waals surface area contributed by atoms with Gasteiger partial charge in [0, 0.05) is 0 Å². The smallest absolute Gasteiger partial charge is 1.00 e. The average Bonchev–Trinajstić information content (AvgIpc) is 2.72. The van der Waals surface area contributed by atoms with E-state index in [0.717, 1.165) is 0 Å². The number of hydrogen-bond donors (Lipinski definition) is 0. The molecule has 1 aromatic rings. The third-order valence-corrected chi connectivity index (χ3v) is 17.5. The van der Waals surface area contributed by atoms with Gasteiger partial charge in [-0.25, -0.2) is 0 Å². The predicted molar refractivity (Wildman–Crippen MR) is 120 cm³/mol. The van der Waals surface area contributed by atoms with Gasteiger partial charge in [0.05, 0.1) is 0 Å². The summed E-state index contributed by atoms with van der Waals surface area (Å²) < 4.78 is 1.64. The number of benzene rings is 1. The molecule has 0 bridgehead atoms. The number of halogens is 3. The van der Waals surface area contributed by atoms with Crippen LogP contribution in [-0.4, -0.2) is 16.1 Å². The van der Waals surface area contributed by atoms with Crippen LogP contribution in [0, 0.1) is 6.92 Å². The minimum atomic E-state index is -1.76. The third-order valence-electron chi connectivity index (χ3n) is 7.41. The van der Waals surface area contributed by atoms with Crippen molar-refractivity contribution in [2.75, 3.05) is 0 Å². The Morgan fingerprint density at radius 1 is 0.793 bits per heavy atom. The van der Waals surface area contributed by atoms with Gasteiger partial charge >= 0.3 is 177 Å². The maximum absolute atomic E-state index is 2.63. The van der Waals surface area contributed by atoms with E-state index in [1.165, 1.54) is 17.7 Å². The van der Waals surface area contributed by atoms with Crippen molar-refractivity contribution in [1.82, 2.24) is 0 Å². The average molecular weight is 524 g/mol. The second kappa shape index (κ2) is 11.0. The Hall–Kier alpha value is 0.718. The van der Waals surface area contributed by atoms with Crippen molar-refractivity contribution in [3.8, 4) is 0 Å². The largest absolute Gasteiger partial charge is 1.00 e. The summed E-state index contributed by atoms with van der Waals surface area (Å²) in [6.07, 6.45) is 0. The molecule has 6 heteroatoms. The molecule has 1 aromatic carbocycles. The Morgan fingerprint density at radius 2 is 1.24 bits per heavy atom. The Bertz CT molecular complexity index is 764. The molecule has 29 heavy (non-hydrogen) atoms. The second-order valence-electron chi connectivity index (χ2n) is 9.50. The fourth-order valence-corrected chi connectivity index (χ4v) is 14.1. The first-order valence-corrected chi connectivity index (χ1v) is 16.8. The molecular formula is C23H37Cl3Si2Ti. The maximum atomic E-state index is 2.63. The van der Waals surface area contributed by atoms with Gasteiger partial charge < -0.3 is 37.2 Å². The standard InChI is InChI=1S/C23H37Si2.3ClH.Ti/c1-11-25(12-2,23(7)16-18(4)19(5)20(23)6)22-14-17(3)13-21(15-22)24(8,9)10;;;;/h13-15H,11-12H2,1-10H3;3*1H;/q;;;;+3/p-3. The summed E-state index contributed by atoms with van der Waals surface area (Å²) in [5.74, 6) is 0. The number of allylic oxidation sites excluding steroid dienone is 4. The molecular weight excluding hydrogens is 487 g/mol. The molecule has 0 aromatic heterocycles. The van der Waals surface area contributed by atoms with E-state index < -0.39 is 16.1 Å². The van der Waals surface area contributed by atoms with Crippen LogP contribution in [-0.2, 0) is 20.4 Å². The second-order valence-corrected chi connectivity index (χ2v) is 20.5. The first-order chi connectivity index (χ1) is 11.9. The quantitative estimate of drug-likeness (QED) is 0.366. The molecule has 2 rings (SSSR count). The Morgan fingerprint density at radius 3 is 1.59 bits per heavy atom. The van der Waals surface area contributed by atoms with Crippen LogP contribution in [0.25, 0.3) is 0 Å². The Kier molecular flexibility index (Phi) is 12.1. The first kappa shape index (κ1) is 31.9. The molecule has 0 radical (unpaired) electrons. The molecule has 0 fully saturated rings. The molecule has 0 amide bonds. The predicted octanol–water partition coefficient (Wildman–Crippen LogP) is -2.82. The van der Waals surface area contributed by atoms with E-state index in [1.54, 1.807) is 31.0 Å². The van der Waals surface area contributed by atoms with E-state index in [9.17, 15) is 0 Å². The van der Waals surface area contributed by atoms with Gasteiger partial charge in [0.15, 0.2) is 0 Å². The minimum Gasteiger partial charge on any atom is -1.00 e. The summed E-state index contributed by atoms with van der Waals surface area (Å²) in [6.45, 7) is 24.3. The first-order valence-electron chi connectivity index (χ1n) is 10.1. The van der Waals surface area contributed by atoms with Crippen molar-refractivity contribution < 1.29 is 57.7 Å². The van der Waals surface area contributed by atoms with E-state index in [4.69, 9.17) is 0 Å². The van der Waals surface area contributed by atoms with Crippen LogP contribution >= 0.6 is 0 Å². The molecule has 1 atom stereocenters. The topological polar surface area (TPSA) is 0 Å². The number of hydrogen-bond acceptors (Lipinski definition) is 0. The fourth-order valence-electron chi connectivity index (χ4n) is 5.15. The van der Waals surface area contributed by atoms with Crippen LogP contribution in [0.4, 0.5) is 0 Å². The van der Waals surface area contributed by atoms with Crippen molar-refractivity contribution in [3.05, 3.63) is 44.4 Å². The van der Waals surface area contributed by atoms with Crippen molar-refractivity contribution in [1.29, 1.82) is 0 Å². The summed E-state index contributed by atoms with van der Waals surface area (Å²) in [5, 5.41) is 3.57. The van der Waals surface area contributed by atoms with Gasteiger partial charge in [0.1, 0.15) is 0 Å². The zero-order valence-electron chi connectivity index (χ0n) is 19.8. The van der Waals surface area contributed by atoms with Crippen LogP contribution in [0.3, 0.4) is 0 Å². The molecule has 0 saturated heterocycles. The number of aryl methyl sites for hydroxylation is 1. The van der Waals surface area contributed by atoms with Crippen LogP contribution in [0.2, 0.25) is 36.8 Å². The van der Waals surface area contributed by atoms with Crippen LogP contribution in [0.5, 0.6) is 0 Å². The molecule has 0 N–H and O–H groups in total. The van der Waals surface area contributed by atoms with E-state index in [-0.39, 0.29) is 42.3 Å². The number of rotatable bonds is 5. The van der Waals surface area contributed by atoms with E-state index in [2.05, 4.69) is 107 Å². The summed E-state index contributed by atoms with van der Waals surface area (Å²) >= 11 is 2.41. The van der Waals surface area contributed by atoms with Crippen molar-refractivity contribution >= 4 is 26.5 Å². The van der Waals surface area contributed by atoms with Crippen LogP contribution in [0.15, 0.2) is 38.8 Å². The van der Waals surface area contributed by atoms with Gasteiger partial charge in [-0.15, -0.1) is 0 Å². The Balaban J connectivity index is 0. The zero-order chi connectivity index (χ0) is 20.1. The zero-order valence-corrected chi connectivity index (χ0v) is 25.6. The maximum Gasteiger partial charge on any atom is -1.00 e. The Labute approximate surface area is 212 Å². The van der Waals surface area contributed by atoms with Crippen molar-refractivity contribution in [3.63, 3.8) is 0 Å². The summed E-state index contributed by atoms with van der Waals surface area (Å²) in [4.78, 5) is 0. The summed E-state index contributed by atoms with van der Waals surface area (Å²) in [7, 11) is -3.08. The molecule has 0 saturated carbocycles. The van der Waals surface area contributed by atoms with E-state index >= 15 is 0 Å².